The maximum Gasteiger partial charge on any atom is 0.122 e. The van der Waals surface area contributed by atoms with Gasteiger partial charge in [-0.05, 0) is 61.3 Å². The van der Waals surface area contributed by atoms with Gasteiger partial charge < -0.3 is 4.74 Å². The van der Waals surface area contributed by atoms with Crippen LogP contribution in [0.15, 0.2) is 42.5 Å². The lowest BCUT2D eigenvalue weighted by molar-refractivity contribution is 0.242. The van der Waals surface area contributed by atoms with Crippen molar-refractivity contribution in [3.8, 4) is 5.75 Å². The SMILES string of the molecule is CCC(CC)(c1ccc(C)cc1)c1ccc(OCCC(C)(C)C)c(C)c1. The number of hydrogen-bond acceptors (Lipinski definition) is 1. The number of rotatable bonds is 7. The molecule has 0 aliphatic carbocycles. The van der Waals surface area contributed by atoms with Gasteiger partial charge in [-0.2, -0.15) is 0 Å². The average Bonchev–Trinajstić information content (AvgIpc) is 2.58. The second kappa shape index (κ2) is 8.29. The monoisotopic (exact) mass is 352 g/mol. The molecule has 0 aliphatic heterocycles. The molecule has 0 radical (unpaired) electrons. The molecule has 0 saturated heterocycles. The van der Waals surface area contributed by atoms with Crippen molar-refractivity contribution in [1.29, 1.82) is 0 Å². The molecule has 0 heterocycles. The van der Waals surface area contributed by atoms with Gasteiger partial charge in [-0.3, -0.25) is 0 Å². The summed E-state index contributed by atoms with van der Waals surface area (Å²) in [6.45, 7) is 16.5. The summed E-state index contributed by atoms with van der Waals surface area (Å²) in [4.78, 5) is 0. The van der Waals surface area contributed by atoms with Crippen molar-refractivity contribution >= 4 is 0 Å². The highest BCUT2D eigenvalue weighted by atomic mass is 16.5. The van der Waals surface area contributed by atoms with Gasteiger partial charge in [0.25, 0.3) is 0 Å². The molecule has 0 aromatic heterocycles. The molecule has 1 heteroatoms. The maximum atomic E-state index is 6.07. The Balaban J connectivity index is 2.30. The molecule has 0 aliphatic rings. The van der Waals surface area contributed by atoms with Crippen molar-refractivity contribution in [3.63, 3.8) is 0 Å². The topological polar surface area (TPSA) is 9.23 Å². The van der Waals surface area contributed by atoms with Gasteiger partial charge in [0.1, 0.15) is 5.75 Å². The fraction of sp³-hybridized carbons (Fsp3) is 0.520. The zero-order valence-electron chi connectivity index (χ0n) is 17.8. The van der Waals surface area contributed by atoms with Crippen molar-refractivity contribution in [1.82, 2.24) is 0 Å². The van der Waals surface area contributed by atoms with Gasteiger partial charge in [-0.1, -0.05) is 76.6 Å². The van der Waals surface area contributed by atoms with Crippen LogP contribution >= 0.6 is 0 Å². The predicted octanol–water partition coefficient (Wildman–Crippen LogP) is 7.22. The van der Waals surface area contributed by atoms with E-state index >= 15 is 0 Å². The Morgan fingerprint density at radius 1 is 0.808 bits per heavy atom. The van der Waals surface area contributed by atoms with Gasteiger partial charge in [0.05, 0.1) is 6.61 Å². The van der Waals surface area contributed by atoms with Crippen LogP contribution in [-0.2, 0) is 5.41 Å². The molecule has 142 valence electrons. The minimum absolute atomic E-state index is 0.0718. The third kappa shape index (κ3) is 4.69. The van der Waals surface area contributed by atoms with E-state index in [0.29, 0.717) is 5.41 Å². The lowest BCUT2D eigenvalue weighted by Gasteiger charge is -2.34. The van der Waals surface area contributed by atoms with E-state index in [1.165, 1.54) is 22.3 Å². The van der Waals surface area contributed by atoms with Crippen LogP contribution in [0.4, 0.5) is 0 Å². The van der Waals surface area contributed by atoms with Crippen LogP contribution < -0.4 is 4.74 Å². The lowest BCUT2D eigenvalue weighted by atomic mass is 9.70. The Bertz CT molecular complexity index is 700. The third-order valence-electron chi connectivity index (χ3n) is 5.65. The van der Waals surface area contributed by atoms with E-state index in [2.05, 4.69) is 90.9 Å². The van der Waals surface area contributed by atoms with Crippen LogP contribution in [0.5, 0.6) is 5.75 Å². The first-order valence-electron chi connectivity index (χ1n) is 10.0. The highest BCUT2D eigenvalue weighted by Gasteiger charge is 2.31. The molecule has 2 rings (SSSR count). The Morgan fingerprint density at radius 3 is 1.88 bits per heavy atom. The highest BCUT2D eigenvalue weighted by Crippen LogP contribution is 2.40. The fourth-order valence-corrected chi connectivity index (χ4v) is 3.68. The minimum Gasteiger partial charge on any atom is -0.493 e. The average molecular weight is 353 g/mol. The standard InChI is InChI=1S/C25H36O/c1-8-25(9-2,21-12-10-19(3)11-13-21)22-14-15-23(20(4)18-22)26-17-16-24(5,6)7/h10-15,18H,8-9,16-17H2,1-7H3. The minimum atomic E-state index is 0.0718. The van der Waals surface area contributed by atoms with E-state index in [-0.39, 0.29) is 5.41 Å². The van der Waals surface area contributed by atoms with E-state index in [1.807, 2.05) is 0 Å². The van der Waals surface area contributed by atoms with Gasteiger partial charge in [0.15, 0.2) is 0 Å². The lowest BCUT2D eigenvalue weighted by Crippen LogP contribution is -2.26. The molecule has 0 unspecified atom stereocenters. The van der Waals surface area contributed by atoms with Crippen LogP contribution in [0.3, 0.4) is 0 Å². The van der Waals surface area contributed by atoms with Gasteiger partial charge >= 0.3 is 0 Å². The Kier molecular flexibility index (Phi) is 6.55. The number of benzene rings is 2. The highest BCUT2D eigenvalue weighted by molar-refractivity contribution is 5.45. The largest absolute Gasteiger partial charge is 0.493 e. The summed E-state index contributed by atoms with van der Waals surface area (Å²) in [5.41, 5.74) is 5.73. The maximum absolute atomic E-state index is 6.07. The van der Waals surface area contributed by atoms with Crippen molar-refractivity contribution in [2.45, 2.75) is 73.1 Å². The van der Waals surface area contributed by atoms with Crippen LogP contribution in [0.25, 0.3) is 0 Å². The summed E-state index contributed by atoms with van der Waals surface area (Å²) >= 11 is 0. The van der Waals surface area contributed by atoms with Crippen molar-refractivity contribution in [3.05, 3.63) is 64.7 Å². The molecule has 0 bridgehead atoms. The Labute approximate surface area is 160 Å². The van der Waals surface area contributed by atoms with Gasteiger partial charge in [-0.25, -0.2) is 0 Å². The van der Waals surface area contributed by atoms with Crippen molar-refractivity contribution < 1.29 is 4.74 Å². The van der Waals surface area contributed by atoms with E-state index in [0.717, 1.165) is 31.6 Å². The Hall–Kier alpha value is -1.76. The molecule has 0 N–H and O–H groups in total. The molecule has 0 fully saturated rings. The van der Waals surface area contributed by atoms with E-state index in [1.54, 1.807) is 0 Å². The first-order chi connectivity index (χ1) is 12.2. The van der Waals surface area contributed by atoms with Gasteiger partial charge in [0.2, 0.25) is 0 Å². The summed E-state index contributed by atoms with van der Waals surface area (Å²) in [5.74, 6) is 1.02. The van der Waals surface area contributed by atoms with E-state index < -0.39 is 0 Å². The molecule has 0 spiro atoms. The quantitative estimate of drug-likeness (QED) is 0.511. The molecule has 2 aromatic rings. The van der Waals surface area contributed by atoms with Crippen molar-refractivity contribution in [2.24, 2.45) is 5.41 Å². The molecule has 2 aromatic carbocycles. The number of ether oxygens (including phenoxy) is 1. The molecular weight excluding hydrogens is 316 g/mol. The number of hydrogen-bond donors (Lipinski definition) is 0. The third-order valence-corrected chi connectivity index (χ3v) is 5.65. The molecular formula is C25H36O. The second-order valence-electron chi connectivity index (χ2n) is 8.79. The second-order valence-corrected chi connectivity index (χ2v) is 8.79. The summed E-state index contributed by atoms with van der Waals surface area (Å²) in [6, 6.07) is 15.8. The molecule has 0 amide bonds. The van der Waals surface area contributed by atoms with Gasteiger partial charge in [-0.15, -0.1) is 0 Å². The van der Waals surface area contributed by atoms with Crippen molar-refractivity contribution in [2.75, 3.05) is 6.61 Å². The first-order valence-corrected chi connectivity index (χ1v) is 10.0. The molecule has 0 saturated carbocycles. The summed E-state index contributed by atoms with van der Waals surface area (Å²) in [7, 11) is 0. The van der Waals surface area contributed by atoms with E-state index in [4.69, 9.17) is 4.74 Å². The zero-order chi connectivity index (χ0) is 19.4. The van der Waals surface area contributed by atoms with Crippen LogP contribution in [0.2, 0.25) is 0 Å². The predicted molar refractivity (Wildman–Crippen MR) is 113 cm³/mol. The fourth-order valence-electron chi connectivity index (χ4n) is 3.68. The van der Waals surface area contributed by atoms with Crippen LogP contribution in [0.1, 0.15) is 76.1 Å². The van der Waals surface area contributed by atoms with Gasteiger partial charge in [0, 0.05) is 5.41 Å². The van der Waals surface area contributed by atoms with Crippen LogP contribution in [0, 0.1) is 19.3 Å². The normalized spacial score (nSPS) is 12.3. The first kappa shape index (κ1) is 20.6. The zero-order valence-corrected chi connectivity index (χ0v) is 17.8. The summed E-state index contributed by atoms with van der Waals surface area (Å²) in [6.07, 6.45) is 3.25. The molecule has 26 heavy (non-hydrogen) atoms. The molecule has 1 nitrogen and oxygen atoms in total. The van der Waals surface area contributed by atoms with Crippen LogP contribution in [-0.4, -0.2) is 6.61 Å². The number of aryl methyl sites for hydroxylation is 2. The Morgan fingerprint density at radius 2 is 1.38 bits per heavy atom. The van der Waals surface area contributed by atoms with E-state index in [9.17, 15) is 0 Å². The molecule has 0 atom stereocenters. The summed E-state index contributed by atoms with van der Waals surface area (Å²) in [5, 5.41) is 0. The summed E-state index contributed by atoms with van der Waals surface area (Å²) < 4.78 is 6.07. The smallest absolute Gasteiger partial charge is 0.122 e.